The lowest BCUT2D eigenvalue weighted by Crippen LogP contribution is -2.42. The number of aromatic hydroxyl groups is 1. The molecule has 0 radical (unpaired) electrons. The van der Waals surface area contributed by atoms with Crippen molar-refractivity contribution in [2.75, 3.05) is 0 Å². The topological polar surface area (TPSA) is 124 Å². The van der Waals surface area contributed by atoms with Gasteiger partial charge < -0.3 is 5.11 Å². The van der Waals surface area contributed by atoms with Gasteiger partial charge in [-0.15, -0.1) is 0 Å². The van der Waals surface area contributed by atoms with Crippen LogP contribution in [0.2, 0.25) is 0 Å². The minimum absolute atomic E-state index is 0.0271. The number of fused-ring (bicyclic) bond motifs is 5. The van der Waals surface area contributed by atoms with Crippen LogP contribution < -0.4 is 0 Å². The molecule has 0 saturated heterocycles. The van der Waals surface area contributed by atoms with Gasteiger partial charge in [-0.2, -0.15) is 0 Å². The predicted octanol–water partition coefficient (Wildman–Crippen LogP) is 3.63. The van der Waals surface area contributed by atoms with Crippen LogP contribution in [0.3, 0.4) is 0 Å². The number of ketones is 1. The van der Waals surface area contributed by atoms with E-state index in [2.05, 4.69) is 0 Å². The van der Waals surface area contributed by atoms with Crippen molar-refractivity contribution in [1.82, 2.24) is 0 Å². The molecule has 1 N–H and O–H groups in total. The van der Waals surface area contributed by atoms with Gasteiger partial charge in [0.05, 0.1) is 9.85 Å². The Labute approximate surface area is 149 Å². The molecular formula is C18H20N2O6. The number of phenolic OH excluding ortho intramolecular Hbond substituents is 1. The monoisotopic (exact) mass is 360 g/mol. The zero-order chi connectivity index (χ0) is 18.8. The summed E-state index contributed by atoms with van der Waals surface area (Å²) >= 11 is 0. The van der Waals surface area contributed by atoms with Crippen LogP contribution in [-0.2, 0) is 11.2 Å². The molecule has 0 aromatic heterocycles. The molecule has 0 spiro atoms. The van der Waals surface area contributed by atoms with Gasteiger partial charge in [0, 0.05) is 23.5 Å². The summed E-state index contributed by atoms with van der Waals surface area (Å²) in [5, 5.41) is 32.9. The second-order valence-corrected chi connectivity index (χ2v) is 8.01. The second kappa shape index (κ2) is 5.49. The quantitative estimate of drug-likeness (QED) is 0.634. The molecule has 1 aromatic carbocycles. The SMILES string of the molecule is C[C@@]12CC[C@H]3c4cc([N+](=O)[O-])c(O)c([N+](=O)[O-])c4CC[C@H]3[C@@H]1CCC2=O. The third-order valence-electron chi connectivity index (χ3n) is 7.05. The number of nitro benzene ring substituents is 2. The second-order valence-electron chi connectivity index (χ2n) is 8.01. The molecule has 2 fully saturated rings. The molecule has 8 nitrogen and oxygen atoms in total. The zero-order valence-electron chi connectivity index (χ0n) is 14.4. The molecule has 0 unspecified atom stereocenters. The summed E-state index contributed by atoms with van der Waals surface area (Å²) in [5.74, 6) is -0.144. The third kappa shape index (κ3) is 2.10. The average molecular weight is 360 g/mol. The maximum Gasteiger partial charge on any atom is 0.321 e. The van der Waals surface area contributed by atoms with Gasteiger partial charge in [0.15, 0.2) is 0 Å². The Hall–Kier alpha value is -2.51. The number of nitro groups is 2. The lowest BCUT2D eigenvalue weighted by molar-refractivity contribution is -0.396. The van der Waals surface area contributed by atoms with Crippen molar-refractivity contribution in [3.05, 3.63) is 37.4 Å². The fraction of sp³-hybridized carbons (Fsp3) is 0.611. The van der Waals surface area contributed by atoms with Gasteiger partial charge in [-0.1, -0.05) is 6.92 Å². The summed E-state index contributed by atoms with van der Waals surface area (Å²) < 4.78 is 0. The van der Waals surface area contributed by atoms with Crippen LogP contribution in [0.5, 0.6) is 5.75 Å². The number of Topliss-reactive ketones (excluding diaryl/α,β-unsaturated/α-hetero) is 1. The van der Waals surface area contributed by atoms with E-state index in [1.165, 1.54) is 6.07 Å². The van der Waals surface area contributed by atoms with Crippen LogP contribution in [0.15, 0.2) is 6.07 Å². The number of rotatable bonds is 2. The summed E-state index contributed by atoms with van der Waals surface area (Å²) in [4.78, 5) is 33.7. The van der Waals surface area contributed by atoms with Crippen molar-refractivity contribution in [3.63, 3.8) is 0 Å². The molecule has 0 amide bonds. The number of carbonyl (C=O) groups excluding carboxylic acids is 1. The number of hydrogen-bond donors (Lipinski definition) is 1. The van der Waals surface area contributed by atoms with Crippen LogP contribution in [0.25, 0.3) is 0 Å². The lowest BCUT2D eigenvalue weighted by atomic mass is 9.55. The minimum Gasteiger partial charge on any atom is -0.497 e. The van der Waals surface area contributed by atoms with E-state index < -0.39 is 27.0 Å². The molecule has 3 aliphatic rings. The molecular weight excluding hydrogens is 340 g/mol. The number of nitrogens with zero attached hydrogens (tertiary/aromatic N) is 2. The molecule has 3 aliphatic carbocycles. The van der Waals surface area contributed by atoms with E-state index in [0.717, 1.165) is 6.42 Å². The van der Waals surface area contributed by atoms with Gasteiger partial charge in [-0.3, -0.25) is 25.0 Å². The number of carbonyl (C=O) groups is 1. The summed E-state index contributed by atoms with van der Waals surface area (Å²) in [6.07, 6.45) is 3.92. The lowest BCUT2D eigenvalue weighted by Gasteiger charge is -2.48. The van der Waals surface area contributed by atoms with Crippen LogP contribution in [0.1, 0.15) is 56.1 Å². The van der Waals surface area contributed by atoms with Gasteiger partial charge in [-0.25, -0.2) is 0 Å². The van der Waals surface area contributed by atoms with Crippen molar-refractivity contribution >= 4 is 17.2 Å². The van der Waals surface area contributed by atoms with E-state index in [1.54, 1.807) is 0 Å². The molecule has 4 rings (SSSR count). The molecule has 0 heterocycles. The van der Waals surface area contributed by atoms with Gasteiger partial charge in [0.1, 0.15) is 5.78 Å². The molecule has 4 atom stereocenters. The van der Waals surface area contributed by atoms with Crippen LogP contribution in [0.4, 0.5) is 11.4 Å². The maximum absolute atomic E-state index is 12.4. The molecule has 26 heavy (non-hydrogen) atoms. The highest BCUT2D eigenvalue weighted by atomic mass is 16.6. The van der Waals surface area contributed by atoms with E-state index in [0.29, 0.717) is 49.0 Å². The predicted molar refractivity (Wildman–Crippen MR) is 91.0 cm³/mol. The first-order chi connectivity index (χ1) is 12.3. The Morgan fingerprint density at radius 3 is 2.54 bits per heavy atom. The van der Waals surface area contributed by atoms with E-state index in [9.17, 15) is 30.1 Å². The Kier molecular flexibility index (Phi) is 3.58. The Morgan fingerprint density at radius 1 is 1.15 bits per heavy atom. The Balaban J connectivity index is 1.85. The van der Waals surface area contributed by atoms with Gasteiger partial charge >= 0.3 is 11.4 Å². The van der Waals surface area contributed by atoms with Gasteiger partial charge in [-0.05, 0) is 55.4 Å². The van der Waals surface area contributed by atoms with Crippen LogP contribution >= 0.6 is 0 Å². The number of phenols is 1. The Morgan fingerprint density at radius 2 is 1.88 bits per heavy atom. The largest absolute Gasteiger partial charge is 0.497 e. The first-order valence-corrected chi connectivity index (χ1v) is 8.96. The van der Waals surface area contributed by atoms with Gasteiger partial charge in [0.2, 0.25) is 0 Å². The highest BCUT2D eigenvalue weighted by molar-refractivity contribution is 5.87. The molecule has 8 heteroatoms. The highest BCUT2D eigenvalue weighted by Crippen LogP contribution is 2.61. The minimum atomic E-state index is -0.853. The fourth-order valence-corrected chi connectivity index (χ4v) is 5.79. The van der Waals surface area contributed by atoms with E-state index >= 15 is 0 Å². The molecule has 0 aliphatic heterocycles. The van der Waals surface area contributed by atoms with E-state index in [-0.39, 0.29) is 23.2 Å². The summed E-state index contributed by atoms with van der Waals surface area (Å²) in [6, 6.07) is 1.33. The number of benzene rings is 1. The maximum atomic E-state index is 12.4. The van der Waals surface area contributed by atoms with Crippen LogP contribution in [0, 0.1) is 37.5 Å². The van der Waals surface area contributed by atoms with Crippen molar-refractivity contribution < 1.29 is 19.7 Å². The average Bonchev–Trinajstić information content (AvgIpc) is 2.88. The van der Waals surface area contributed by atoms with Crippen molar-refractivity contribution in [3.8, 4) is 5.75 Å². The number of hydrogen-bond acceptors (Lipinski definition) is 6. The van der Waals surface area contributed by atoms with E-state index in [4.69, 9.17) is 0 Å². The van der Waals surface area contributed by atoms with Crippen molar-refractivity contribution in [2.45, 2.75) is 51.4 Å². The Bertz CT molecular complexity index is 851. The standard InChI is InChI=1S/C18H20N2O6/c1-18-7-6-9-10(13(18)4-5-15(18)21)2-3-11-12(9)8-14(19(23)24)17(22)16(11)20(25)26/h8-10,13,22H,2-7H2,1H3/t9-,10-,13+,18-/m1/s1. The first kappa shape index (κ1) is 16.9. The molecule has 1 aromatic rings. The fourth-order valence-electron chi connectivity index (χ4n) is 5.79. The summed E-state index contributed by atoms with van der Waals surface area (Å²) in [7, 11) is 0. The molecule has 138 valence electrons. The third-order valence-corrected chi connectivity index (χ3v) is 7.05. The summed E-state index contributed by atoms with van der Waals surface area (Å²) in [5.41, 5.74) is -0.408. The first-order valence-electron chi connectivity index (χ1n) is 8.96. The van der Waals surface area contributed by atoms with Crippen LogP contribution in [-0.4, -0.2) is 20.7 Å². The van der Waals surface area contributed by atoms with Crippen molar-refractivity contribution in [2.24, 2.45) is 17.3 Å². The molecule has 2 saturated carbocycles. The van der Waals surface area contributed by atoms with Crippen molar-refractivity contribution in [1.29, 1.82) is 0 Å². The molecule has 0 bridgehead atoms. The van der Waals surface area contributed by atoms with E-state index in [1.807, 2.05) is 6.92 Å². The highest BCUT2D eigenvalue weighted by Gasteiger charge is 2.55. The summed E-state index contributed by atoms with van der Waals surface area (Å²) in [6.45, 7) is 2.03. The normalized spacial score (nSPS) is 32.5. The zero-order valence-corrected chi connectivity index (χ0v) is 14.4. The van der Waals surface area contributed by atoms with Gasteiger partial charge in [0.25, 0.3) is 5.75 Å². The smallest absolute Gasteiger partial charge is 0.321 e.